The molecule has 0 aromatic rings. The zero-order chi connectivity index (χ0) is 15.1. The van der Waals surface area contributed by atoms with Crippen molar-refractivity contribution in [2.75, 3.05) is 0 Å². The molecule has 0 aliphatic rings. The second kappa shape index (κ2) is 14.5. The van der Waals surface area contributed by atoms with Gasteiger partial charge in [-0.2, -0.15) is 0 Å². The number of carbonyl (C=O) groups excluding carboxylic acids is 1. The minimum Gasteiger partial charge on any atom is -0.481 e. The van der Waals surface area contributed by atoms with E-state index in [1.165, 1.54) is 19.3 Å². The first-order chi connectivity index (χ1) is 8.90. The van der Waals surface area contributed by atoms with Crippen LogP contribution in [0.5, 0.6) is 0 Å². The highest BCUT2D eigenvalue weighted by Gasteiger charge is 1.99. The molecule has 0 aromatic heterocycles. The molecule has 19 heavy (non-hydrogen) atoms. The maximum Gasteiger partial charge on any atom is 0.303 e. The SMILES string of the molecule is CCCCCCCC(N)=O.O=C(O)CCCC(=O)O. The van der Waals surface area contributed by atoms with Crippen LogP contribution in [0.4, 0.5) is 0 Å². The number of hydrogen-bond acceptors (Lipinski definition) is 3. The van der Waals surface area contributed by atoms with E-state index < -0.39 is 11.9 Å². The van der Waals surface area contributed by atoms with Crippen LogP contribution in [0.25, 0.3) is 0 Å². The van der Waals surface area contributed by atoms with Crippen LogP contribution in [0.3, 0.4) is 0 Å². The molecule has 0 unspecified atom stereocenters. The van der Waals surface area contributed by atoms with Crippen LogP contribution in [-0.4, -0.2) is 28.1 Å². The standard InChI is InChI=1S/C8H17NO.C5H8O4/c1-2-3-4-5-6-7-8(9)10;6-4(7)2-1-3-5(8)9/h2-7H2,1H3,(H2,9,10);1-3H2,(H,6,7)(H,8,9). The molecule has 0 spiro atoms. The van der Waals surface area contributed by atoms with Gasteiger partial charge in [0.2, 0.25) is 5.91 Å². The molecule has 112 valence electrons. The van der Waals surface area contributed by atoms with Crippen molar-refractivity contribution in [3.8, 4) is 0 Å². The summed E-state index contributed by atoms with van der Waals surface area (Å²) in [6.07, 6.45) is 6.53. The summed E-state index contributed by atoms with van der Waals surface area (Å²) in [7, 11) is 0. The molecule has 1 amide bonds. The molecule has 0 aliphatic carbocycles. The Hall–Kier alpha value is -1.59. The molecule has 0 saturated heterocycles. The van der Waals surface area contributed by atoms with Gasteiger partial charge in [-0.1, -0.05) is 32.6 Å². The number of primary amides is 1. The maximum absolute atomic E-state index is 10.3. The van der Waals surface area contributed by atoms with Gasteiger partial charge in [-0.25, -0.2) is 0 Å². The van der Waals surface area contributed by atoms with Crippen molar-refractivity contribution in [3.05, 3.63) is 0 Å². The number of nitrogens with two attached hydrogens (primary N) is 1. The minimum atomic E-state index is -0.948. The fraction of sp³-hybridized carbons (Fsp3) is 0.769. The lowest BCUT2D eigenvalue weighted by atomic mass is 10.1. The first-order valence-electron chi connectivity index (χ1n) is 6.62. The summed E-state index contributed by atoms with van der Waals surface area (Å²) in [4.78, 5) is 29.8. The molecule has 0 radical (unpaired) electrons. The number of hydrogen-bond donors (Lipinski definition) is 3. The van der Waals surface area contributed by atoms with E-state index in [9.17, 15) is 14.4 Å². The Kier molecular flexibility index (Phi) is 15.0. The number of carbonyl (C=O) groups is 3. The zero-order valence-corrected chi connectivity index (χ0v) is 11.6. The number of carboxylic acid groups (broad SMARTS) is 2. The first-order valence-corrected chi connectivity index (χ1v) is 6.62. The highest BCUT2D eigenvalue weighted by Crippen LogP contribution is 2.03. The van der Waals surface area contributed by atoms with Gasteiger partial charge in [0.15, 0.2) is 0 Å². The van der Waals surface area contributed by atoms with Gasteiger partial charge in [-0.3, -0.25) is 14.4 Å². The summed E-state index contributed by atoms with van der Waals surface area (Å²) < 4.78 is 0. The number of amides is 1. The third-order valence-corrected chi connectivity index (χ3v) is 2.31. The third kappa shape index (κ3) is 26.2. The molecule has 0 aromatic carbocycles. The molecular weight excluding hydrogens is 250 g/mol. The second-order valence-electron chi connectivity index (χ2n) is 4.27. The third-order valence-electron chi connectivity index (χ3n) is 2.31. The lowest BCUT2D eigenvalue weighted by Crippen LogP contribution is -2.09. The molecule has 0 saturated carbocycles. The number of carboxylic acids is 2. The normalized spacial score (nSPS) is 9.32. The largest absolute Gasteiger partial charge is 0.481 e. The van der Waals surface area contributed by atoms with E-state index in [-0.39, 0.29) is 25.2 Å². The fourth-order valence-electron chi connectivity index (χ4n) is 1.29. The summed E-state index contributed by atoms with van der Waals surface area (Å²) >= 11 is 0. The molecule has 0 heterocycles. The summed E-state index contributed by atoms with van der Waals surface area (Å²) in [5, 5.41) is 16.1. The smallest absolute Gasteiger partial charge is 0.303 e. The Morgan fingerprint density at radius 2 is 1.26 bits per heavy atom. The Bertz CT molecular complexity index is 252. The van der Waals surface area contributed by atoms with Crippen LogP contribution >= 0.6 is 0 Å². The second-order valence-corrected chi connectivity index (χ2v) is 4.27. The minimum absolute atomic E-state index is 0.0632. The molecule has 0 bridgehead atoms. The van der Waals surface area contributed by atoms with Gasteiger partial charge in [-0.05, 0) is 12.8 Å². The lowest BCUT2D eigenvalue weighted by molar-refractivity contribution is -0.138. The molecule has 4 N–H and O–H groups in total. The Morgan fingerprint density at radius 1 is 0.789 bits per heavy atom. The molecule has 0 rings (SSSR count). The lowest BCUT2D eigenvalue weighted by Gasteiger charge is -1.95. The van der Waals surface area contributed by atoms with Crippen molar-refractivity contribution in [2.45, 2.75) is 64.7 Å². The average Bonchev–Trinajstić information content (AvgIpc) is 2.28. The Balaban J connectivity index is 0. The number of rotatable bonds is 10. The Labute approximate surface area is 114 Å². The van der Waals surface area contributed by atoms with Gasteiger partial charge in [0.25, 0.3) is 0 Å². The van der Waals surface area contributed by atoms with E-state index in [0.717, 1.165) is 12.8 Å². The van der Waals surface area contributed by atoms with Crippen molar-refractivity contribution >= 4 is 17.8 Å². The van der Waals surface area contributed by atoms with Gasteiger partial charge in [0.1, 0.15) is 0 Å². The van der Waals surface area contributed by atoms with Gasteiger partial charge in [0, 0.05) is 19.3 Å². The van der Waals surface area contributed by atoms with Crippen LogP contribution < -0.4 is 5.73 Å². The predicted octanol–water partition coefficient (Wildman–Crippen LogP) is 2.16. The quantitative estimate of drug-likeness (QED) is 0.528. The molecule has 6 nitrogen and oxygen atoms in total. The summed E-state index contributed by atoms with van der Waals surface area (Å²) in [6, 6.07) is 0. The van der Waals surface area contributed by atoms with E-state index in [1.807, 2.05) is 0 Å². The number of aliphatic carboxylic acids is 2. The molecule has 6 heteroatoms. The van der Waals surface area contributed by atoms with E-state index in [0.29, 0.717) is 6.42 Å². The van der Waals surface area contributed by atoms with Crippen molar-refractivity contribution in [3.63, 3.8) is 0 Å². The fourth-order valence-corrected chi connectivity index (χ4v) is 1.29. The summed E-state index contributed by atoms with van der Waals surface area (Å²) in [5.74, 6) is -2.07. The predicted molar refractivity (Wildman–Crippen MR) is 71.7 cm³/mol. The van der Waals surface area contributed by atoms with E-state index >= 15 is 0 Å². The van der Waals surface area contributed by atoms with Crippen molar-refractivity contribution in [1.29, 1.82) is 0 Å². The topological polar surface area (TPSA) is 118 Å². The van der Waals surface area contributed by atoms with Gasteiger partial charge in [-0.15, -0.1) is 0 Å². The van der Waals surface area contributed by atoms with E-state index in [4.69, 9.17) is 15.9 Å². The van der Waals surface area contributed by atoms with Gasteiger partial charge < -0.3 is 15.9 Å². The molecule has 0 fully saturated rings. The van der Waals surface area contributed by atoms with Crippen molar-refractivity contribution < 1.29 is 24.6 Å². The van der Waals surface area contributed by atoms with Crippen LogP contribution in [0, 0.1) is 0 Å². The van der Waals surface area contributed by atoms with Crippen LogP contribution in [-0.2, 0) is 14.4 Å². The maximum atomic E-state index is 10.3. The van der Waals surface area contributed by atoms with Crippen LogP contribution in [0.15, 0.2) is 0 Å². The summed E-state index contributed by atoms with van der Waals surface area (Å²) in [6.45, 7) is 2.17. The molecule has 0 atom stereocenters. The monoisotopic (exact) mass is 275 g/mol. The summed E-state index contributed by atoms with van der Waals surface area (Å²) in [5.41, 5.74) is 4.97. The van der Waals surface area contributed by atoms with Gasteiger partial charge >= 0.3 is 11.9 Å². The van der Waals surface area contributed by atoms with Crippen LogP contribution in [0.2, 0.25) is 0 Å². The van der Waals surface area contributed by atoms with E-state index in [2.05, 4.69) is 6.92 Å². The van der Waals surface area contributed by atoms with Gasteiger partial charge in [0.05, 0.1) is 0 Å². The Morgan fingerprint density at radius 3 is 1.63 bits per heavy atom. The zero-order valence-electron chi connectivity index (χ0n) is 11.6. The van der Waals surface area contributed by atoms with Crippen molar-refractivity contribution in [2.24, 2.45) is 5.73 Å². The molecule has 0 aliphatic heterocycles. The van der Waals surface area contributed by atoms with Crippen LogP contribution in [0.1, 0.15) is 64.7 Å². The van der Waals surface area contributed by atoms with Crippen molar-refractivity contribution in [1.82, 2.24) is 0 Å². The number of unbranched alkanes of at least 4 members (excludes halogenated alkanes) is 4. The average molecular weight is 275 g/mol. The highest BCUT2D eigenvalue weighted by atomic mass is 16.4. The first kappa shape index (κ1) is 19.7. The molecular formula is C13H25NO5. The van der Waals surface area contributed by atoms with E-state index in [1.54, 1.807) is 0 Å². The highest BCUT2D eigenvalue weighted by molar-refractivity contribution is 5.73.